The fraction of sp³-hybridized carbons (Fsp3) is 0.344. The number of carbonyl (C=O) groups is 3. The van der Waals surface area contributed by atoms with E-state index < -0.39 is 18.2 Å². The zero-order valence-electron chi connectivity index (χ0n) is 24.9. The molecule has 4 N–H and O–H groups in total. The molecule has 5 amide bonds. The Balaban J connectivity index is 1.54. The third-order valence-electron chi connectivity index (χ3n) is 7.35. The van der Waals surface area contributed by atoms with Gasteiger partial charge in [-0.15, -0.1) is 0 Å². The number of fused-ring (bicyclic) bond motifs is 1. The molecule has 11 nitrogen and oxygen atoms in total. The number of aliphatic hydroxyl groups is 1. The van der Waals surface area contributed by atoms with Crippen LogP contribution >= 0.6 is 0 Å². The van der Waals surface area contributed by atoms with Gasteiger partial charge < -0.3 is 40.3 Å². The first-order valence-electron chi connectivity index (χ1n) is 14.2. The van der Waals surface area contributed by atoms with Crippen molar-refractivity contribution in [2.45, 2.75) is 32.4 Å². The highest BCUT2D eigenvalue weighted by Gasteiger charge is 2.32. The molecule has 0 spiro atoms. The Hall–Kier alpha value is -4.77. The molecule has 3 atom stereocenters. The second-order valence-electron chi connectivity index (χ2n) is 10.7. The molecule has 3 aromatic rings. The number of amides is 5. The lowest BCUT2D eigenvalue weighted by molar-refractivity contribution is -0.134. The molecule has 1 heterocycles. The number of nitrogens with zero attached hydrogens (tertiary/aromatic N) is 2. The van der Waals surface area contributed by atoms with Gasteiger partial charge in [0.1, 0.15) is 17.6 Å². The number of methoxy groups -OCH3 is 1. The Bertz CT molecular complexity index is 1400. The van der Waals surface area contributed by atoms with Gasteiger partial charge >= 0.3 is 12.1 Å². The number of para-hydroxylation sites is 1. The minimum atomic E-state index is -0.471. The SMILES string of the molecule is COc1ccc(NC(=O)Nc2ccc3c(c2)CC(=O)N([C@H](C)CO)C[C@H](C)[C@@H](CN(C)C(=O)Nc2ccccc2)O3)cc1. The molecular formula is C32H39N5O6. The summed E-state index contributed by atoms with van der Waals surface area (Å²) in [4.78, 5) is 42.3. The third kappa shape index (κ3) is 8.39. The zero-order chi connectivity index (χ0) is 30.9. The molecule has 0 aliphatic carbocycles. The second-order valence-corrected chi connectivity index (χ2v) is 10.7. The van der Waals surface area contributed by atoms with Crippen LogP contribution in [0.4, 0.5) is 26.7 Å². The molecule has 0 saturated heterocycles. The maximum Gasteiger partial charge on any atom is 0.323 e. The predicted molar refractivity (Wildman–Crippen MR) is 166 cm³/mol. The number of carbonyl (C=O) groups excluding carboxylic acids is 3. The Morgan fingerprint density at radius 3 is 2.35 bits per heavy atom. The highest BCUT2D eigenvalue weighted by atomic mass is 16.5. The molecule has 0 aromatic heterocycles. The molecule has 43 heavy (non-hydrogen) atoms. The molecule has 4 rings (SSSR count). The van der Waals surface area contributed by atoms with E-state index in [0.717, 1.165) is 0 Å². The van der Waals surface area contributed by atoms with Crippen LogP contribution in [0.25, 0.3) is 0 Å². The molecular weight excluding hydrogens is 550 g/mol. The number of likely N-dealkylation sites (N-methyl/N-ethyl adjacent to an activating group) is 1. The van der Waals surface area contributed by atoms with E-state index in [-0.39, 0.29) is 37.4 Å². The Morgan fingerprint density at radius 1 is 1.02 bits per heavy atom. The number of benzene rings is 3. The lowest BCUT2D eigenvalue weighted by Crippen LogP contribution is -2.48. The van der Waals surface area contributed by atoms with E-state index >= 15 is 0 Å². The molecule has 0 bridgehead atoms. The van der Waals surface area contributed by atoms with Gasteiger partial charge in [-0.1, -0.05) is 25.1 Å². The molecule has 228 valence electrons. The van der Waals surface area contributed by atoms with Crippen LogP contribution < -0.4 is 25.4 Å². The van der Waals surface area contributed by atoms with Gasteiger partial charge in [0, 0.05) is 42.1 Å². The van der Waals surface area contributed by atoms with E-state index in [1.807, 2.05) is 37.3 Å². The maximum absolute atomic E-state index is 13.5. The number of ether oxygens (including phenoxy) is 2. The van der Waals surface area contributed by atoms with Crippen LogP contribution in [0.2, 0.25) is 0 Å². The highest BCUT2D eigenvalue weighted by Crippen LogP contribution is 2.29. The van der Waals surface area contributed by atoms with Gasteiger partial charge in [0.2, 0.25) is 5.91 Å². The molecule has 0 fully saturated rings. The topological polar surface area (TPSA) is 132 Å². The second kappa shape index (κ2) is 14.4. The van der Waals surface area contributed by atoms with Crippen molar-refractivity contribution in [1.82, 2.24) is 9.80 Å². The summed E-state index contributed by atoms with van der Waals surface area (Å²) in [6.45, 7) is 4.15. The zero-order valence-corrected chi connectivity index (χ0v) is 24.9. The van der Waals surface area contributed by atoms with Gasteiger partial charge in [-0.2, -0.15) is 0 Å². The standard InChI is InChI=1S/C32H39N5O6/c1-21-18-37(22(2)20-38)30(39)17-23-16-26(34-31(40)33-25-10-13-27(42-4)14-11-25)12-15-28(23)43-29(21)19-36(3)32(41)35-24-8-6-5-7-9-24/h5-16,21-22,29,38H,17-20H2,1-4H3,(H,35,41)(H2,33,34,40)/t21-,22+,29+/m0/s1. The lowest BCUT2D eigenvalue weighted by atomic mass is 10.0. The predicted octanol–water partition coefficient (Wildman–Crippen LogP) is 4.65. The van der Waals surface area contributed by atoms with Gasteiger partial charge in [0.25, 0.3) is 0 Å². The first-order valence-corrected chi connectivity index (χ1v) is 14.2. The third-order valence-corrected chi connectivity index (χ3v) is 7.35. The number of urea groups is 2. The summed E-state index contributed by atoms with van der Waals surface area (Å²) in [7, 11) is 3.26. The molecule has 0 saturated carbocycles. The van der Waals surface area contributed by atoms with Crippen LogP contribution in [0.1, 0.15) is 19.4 Å². The van der Waals surface area contributed by atoms with Crippen LogP contribution in [0, 0.1) is 5.92 Å². The van der Waals surface area contributed by atoms with E-state index in [2.05, 4.69) is 16.0 Å². The van der Waals surface area contributed by atoms with Crippen molar-refractivity contribution in [2.24, 2.45) is 5.92 Å². The summed E-state index contributed by atoms with van der Waals surface area (Å²) >= 11 is 0. The highest BCUT2D eigenvalue weighted by molar-refractivity contribution is 6.00. The quantitative estimate of drug-likeness (QED) is 0.302. The van der Waals surface area contributed by atoms with Crippen molar-refractivity contribution in [3.8, 4) is 11.5 Å². The first kappa shape index (κ1) is 31.2. The molecule has 0 radical (unpaired) electrons. The smallest absolute Gasteiger partial charge is 0.323 e. The van der Waals surface area contributed by atoms with Gasteiger partial charge in [0.05, 0.1) is 32.7 Å². The summed E-state index contributed by atoms with van der Waals surface area (Å²) in [6.07, 6.45) is -0.458. The van der Waals surface area contributed by atoms with Gasteiger partial charge in [0.15, 0.2) is 0 Å². The number of nitrogens with one attached hydrogen (secondary N) is 3. The van der Waals surface area contributed by atoms with Crippen molar-refractivity contribution in [3.63, 3.8) is 0 Å². The summed E-state index contributed by atoms with van der Waals surface area (Å²) < 4.78 is 11.6. The van der Waals surface area contributed by atoms with E-state index in [9.17, 15) is 19.5 Å². The van der Waals surface area contributed by atoms with Crippen molar-refractivity contribution < 1.29 is 29.0 Å². The van der Waals surface area contributed by atoms with Gasteiger partial charge in [-0.05, 0) is 61.5 Å². The van der Waals surface area contributed by atoms with Crippen LogP contribution in [0.5, 0.6) is 11.5 Å². The number of rotatable bonds is 8. The Labute approximate surface area is 251 Å². The number of hydrogen-bond donors (Lipinski definition) is 4. The Morgan fingerprint density at radius 2 is 1.67 bits per heavy atom. The molecule has 11 heteroatoms. The molecule has 1 aliphatic rings. The van der Waals surface area contributed by atoms with E-state index in [1.54, 1.807) is 73.3 Å². The largest absolute Gasteiger partial charge is 0.497 e. The maximum atomic E-state index is 13.5. The fourth-order valence-corrected chi connectivity index (χ4v) is 4.79. The summed E-state index contributed by atoms with van der Waals surface area (Å²) in [5, 5.41) is 18.3. The average Bonchev–Trinajstić information content (AvgIpc) is 3.04. The van der Waals surface area contributed by atoms with Gasteiger partial charge in [-0.3, -0.25) is 4.79 Å². The minimum Gasteiger partial charge on any atom is -0.497 e. The molecule has 1 aliphatic heterocycles. The van der Waals surface area contributed by atoms with Crippen molar-refractivity contribution in [2.75, 3.05) is 49.8 Å². The van der Waals surface area contributed by atoms with E-state index in [4.69, 9.17) is 9.47 Å². The van der Waals surface area contributed by atoms with E-state index in [1.165, 1.54) is 0 Å². The number of hydrogen-bond acceptors (Lipinski definition) is 6. The summed E-state index contributed by atoms with van der Waals surface area (Å²) in [5.41, 5.74) is 2.33. The lowest BCUT2D eigenvalue weighted by Gasteiger charge is -2.34. The van der Waals surface area contributed by atoms with Crippen molar-refractivity contribution >= 4 is 35.0 Å². The Kier molecular flexibility index (Phi) is 10.4. The molecule has 0 unspecified atom stereocenters. The van der Waals surface area contributed by atoms with Crippen LogP contribution in [-0.4, -0.2) is 78.9 Å². The van der Waals surface area contributed by atoms with Crippen LogP contribution in [0.3, 0.4) is 0 Å². The van der Waals surface area contributed by atoms with Crippen LogP contribution in [-0.2, 0) is 11.2 Å². The normalized spacial score (nSPS) is 17.2. The fourth-order valence-electron chi connectivity index (χ4n) is 4.79. The monoisotopic (exact) mass is 589 g/mol. The minimum absolute atomic E-state index is 0.0130. The summed E-state index contributed by atoms with van der Waals surface area (Å²) in [6, 6.07) is 20.1. The van der Waals surface area contributed by atoms with Crippen molar-refractivity contribution in [1.29, 1.82) is 0 Å². The van der Waals surface area contributed by atoms with Crippen LogP contribution in [0.15, 0.2) is 72.8 Å². The first-order chi connectivity index (χ1) is 20.7. The average molecular weight is 590 g/mol. The molecule has 3 aromatic carbocycles. The number of aliphatic hydroxyl groups excluding tert-OH is 1. The van der Waals surface area contributed by atoms with Crippen molar-refractivity contribution in [3.05, 3.63) is 78.4 Å². The van der Waals surface area contributed by atoms with E-state index in [0.29, 0.717) is 40.7 Å². The number of anilines is 3. The summed E-state index contributed by atoms with van der Waals surface area (Å²) in [5.74, 6) is 0.813. The van der Waals surface area contributed by atoms with Gasteiger partial charge in [-0.25, -0.2) is 9.59 Å².